The Kier molecular flexibility index (Phi) is 5.30. The maximum atomic E-state index is 13.5. The topological polar surface area (TPSA) is 12.5 Å². The van der Waals surface area contributed by atoms with Gasteiger partial charge in [0.1, 0.15) is 17.2 Å². The quantitative estimate of drug-likeness (QED) is 0.698. The van der Waals surface area contributed by atoms with Crippen molar-refractivity contribution in [2.24, 2.45) is 0 Å². The van der Waals surface area contributed by atoms with Crippen LogP contribution < -0.4 is 0 Å². The standard InChI is InChI=1S/C17H16F2O.C2H6/c1-2-17(11-20-17)16(12-5-3-7-14(18)9-12)13-6-4-8-15(19)10-13;1-2/h3-10,16H,2,11H2,1H3;1-2H3. The smallest absolute Gasteiger partial charge is 0.123 e. The number of ether oxygens (including phenoxy) is 1. The molecule has 1 fully saturated rings. The van der Waals surface area contributed by atoms with E-state index < -0.39 is 0 Å². The number of epoxide rings is 1. The van der Waals surface area contributed by atoms with Gasteiger partial charge in [-0.15, -0.1) is 0 Å². The first kappa shape index (κ1) is 16.6. The zero-order valence-corrected chi connectivity index (χ0v) is 13.3. The molecule has 0 saturated carbocycles. The van der Waals surface area contributed by atoms with E-state index in [9.17, 15) is 8.78 Å². The number of halogens is 2. The minimum Gasteiger partial charge on any atom is -0.369 e. The molecule has 0 aliphatic carbocycles. The molecule has 22 heavy (non-hydrogen) atoms. The summed E-state index contributed by atoms with van der Waals surface area (Å²) in [5, 5.41) is 0. The monoisotopic (exact) mass is 304 g/mol. The second-order valence-electron chi connectivity index (χ2n) is 5.25. The molecule has 2 aromatic rings. The summed E-state index contributed by atoms with van der Waals surface area (Å²) in [5.41, 5.74) is 1.33. The Morgan fingerprint density at radius 2 is 1.45 bits per heavy atom. The summed E-state index contributed by atoms with van der Waals surface area (Å²) in [7, 11) is 0. The van der Waals surface area contributed by atoms with Crippen LogP contribution in [0.3, 0.4) is 0 Å². The van der Waals surface area contributed by atoms with Gasteiger partial charge in [-0.2, -0.15) is 0 Å². The molecule has 0 radical (unpaired) electrons. The molecule has 1 aliphatic heterocycles. The van der Waals surface area contributed by atoms with Gasteiger partial charge in [0.2, 0.25) is 0 Å². The third kappa shape index (κ3) is 3.36. The molecule has 1 saturated heterocycles. The predicted molar refractivity (Wildman–Crippen MR) is 85.0 cm³/mol. The molecule has 0 aromatic heterocycles. The van der Waals surface area contributed by atoms with Gasteiger partial charge in [-0.25, -0.2) is 8.78 Å². The van der Waals surface area contributed by atoms with Gasteiger partial charge in [-0.1, -0.05) is 45.0 Å². The summed E-state index contributed by atoms with van der Waals surface area (Å²) in [4.78, 5) is 0. The highest BCUT2D eigenvalue weighted by atomic mass is 19.1. The molecule has 118 valence electrons. The molecule has 2 aromatic carbocycles. The largest absolute Gasteiger partial charge is 0.369 e. The lowest BCUT2D eigenvalue weighted by atomic mass is 9.79. The molecule has 0 N–H and O–H groups in total. The number of hydrogen-bond donors (Lipinski definition) is 0. The van der Waals surface area contributed by atoms with Gasteiger partial charge in [-0.3, -0.25) is 0 Å². The third-order valence-corrected chi connectivity index (χ3v) is 4.00. The molecule has 1 unspecified atom stereocenters. The first-order valence-corrected chi connectivity index (χ1v) is 7.79. The summed E-state index contributed by atoms with van der Waals surface area (Å²) < 4.78 is 32.7. The van der Waals surface area contributed by atoms with E-state index in [0.717, 1.165) is 17.5 Å². The van der Waals surface area contributed by atoms with Gasteiger partial charge < -0.3 is 4.74 Å². The highest BCUT2D eigenvalue weighted by molar-refractivity contribution is 5.38. The number of rotatable bonds is 4. The van der Waals surface area contributed by atoms with Crippen LogP contribution >= 0.6 is 0 Å². The van der Waals surface area contributed by atoms with Gasteiger partial charge >= 0.3 is 0 Å². The van der Waals surface area contributed by atoms with Gasteiger partial charge in [-0.05, 0) is 41.8 Å². The molecule has 3 rings (SSSR count). The predicted octanol–water partition coefficient (Wildman–Crippen LogP) is 5.30. The van der Waals surface area contributed by atoms with Crippen molar-refractivity contribution in [2.75, 3.05) is 6.61 Å². The molecule has 1 atom stereocenters. The van der Waals surface area contributed by atoms with E-state index >= 15 is 0 Å². The highest BCUT2D eigenvalue weighted by Crippen LogP contribution is 2.48. The van der Waals surface area contributed by atoms with E-state index in [0.29, 0.717) is 6.61 Å². The minimum absolute atomic E-state index is 0.140. The Morgan fingerprint density at radius 1 is 1.00 bits per heavy atom. The van der Waals surface area contributed by atoms with Gasteiger partial charge in [0.25, 0.3) is 0 Å². The Morgan fingerprint density at radius 3 is 1.77 bits per heavy atom. The van der Waals surface area contributed by atoms with Crippen LogP contribution in [-0.2, 0) is 4.74 Å². The lowest BCUT2D eigenvalue weighted by Crippen LogP contribution is -2.23. The van der Waals surface area contributed by atoms with Crippen LogP contribution in [0.15, 0.2) is 48.5 Å². The van der Waals surface area contributed by atoms with E-state index in [-0.39, 0.29) is 23.2 Å². The van der Waals surface area contributed by atoms with Crippen molar-refractivity contribution in [3.8, 4) is 0 Å². The number of hydrogen-bond acceptors (Lipinski definition) is 1. The van der Waals surface area contributed by atoms with Crippen LogP contribution in [0.2, 0.25) is 0 Å². The van der Waals surface area contributed by atoms with E-state index in [1.165, 1.54) is 24.3 Å². The molecule has 0 amide bonds. The van der Waals surface area contributed by atoms with Crippen LogP contribution in [-0.4, -0.2) is 12.2 Å². The maximum Gasteiger partial charge on any atom is 0.123 e. The fourth-order valence-electron chi connectivity index (χ4n) is 2.84. The molecule has 3 heteroatoms. The van der Waals surface area contributed by atoms with Crippen LogP contribution in [0.25, 0.3) is 0 Å². The minimum atomic E-state index is -0.332. The van der Waals surface area contributed by atoms with Crippen molar-refractivity contribution in [1.29, 1.82) is 0 Å². The molecule has 0 spiro atoms. The summed E-state index contributed by atoms with van der Waals surface area (Å²) in [6.07, 6.45) is 0.810. The van der Waals surface area contributed by atoms with Crippen LogP contribution in [0.4, 0.5) is 8.78 Å². The maximum absolute atomic E-state index is 13.5. The van der Waals surface area contributed by atoms with E-state index in [1.54, 1.807) is 12.1 Å². The molecule has 1 heterocycles. The van der Waals surface area contributed by atoms with Crippen LogP contribution in [0.1, 0.15) is 44.2 Å². The summed E-state index contributed by atoms with van der Waals surface area (Å²) in [5.74, 6) is -0.703. The van der Waals surface area contributed by atoms with Gasteiger partial charge in [0.15, 0.2) is 0 Å². The lowest BCUT2D eigenvalue weighted by Gasteiger charge is -2.24. The fraction of sp³-hybridized carbons (Fsp3) is 0.368. The van der Waals surface area contributed by atoms with Crippen molar-refractivity contribution in [3.05, 3.63) is 71.3 Å². The SMILES string of the molecule is CC.CCC1(C(c2cccc(F)c2)c2cccc(F)c2)CO1. The van der Waals surface area contributed by atoms with E-state index in [1.807, 2.05) is 32.9 Å². The third-order valence-electron chi connectivity index (χ3n) is 4.00. The van der Waals surface area contributed by atoms with E-state index in [2.05, 4.69) is 0 Å². The van der Waals surface area contributed by atoms with Crippen molar-refractivity contribution in [2.45, 2.75) is 38.7 Å². The zero-order valence-electron chi connectivity index (χ0n) is 13.3. The molecule has 1 aliphatic rings. The fourth-order valence-corrected chi connectivity index (χ4v) is 2.84. The second-order valence-corrected chi connectivity index (χ2v) is 5.25. The summed E-state index contributed by atoms with van der Waals surface area (Å²) in [6.45, 7) is 6.67. The Hall–Kier alpha value is -1.74. The van der Waals surface area contributed by atoms with Crippen molar-refractivity contribution >= 4 is 0 Å². The van der Waals surface area contributed by atoms with Crippen LogP contribution in [0.5, 0.6) is 0 Å². The Balaban J connectivity index is 0.000000847. The summed E-state index contributed by atoms with van der Waals surface area (Å²) >= 11 is 0. The van der Waals surface area contributed by atoms with Gasteiger partial charge in [0, 0.05) is 5.92 Å². The van der Waals surface area contributed by atoms with E-state index in [4.69, 9.17) is 4.74 Å². The Labute approximate surface area is 130 Å². The van der Waals surface area contributed by atoms with Crippen molar-refractivity contribution in [3.63, 3.8) is 0 Å². The normalized spacial score (nSPS) is 19.5. The van der Waals surface area contributed by atoms with Crippen molar-refractivity contribution in [1.82, 2.24) is 0 Å². The highest BCUT2D eigenvalue weighted by Gasteiger charge is 2.51. The molecular weight excluding hydrogens is 282 g/mol. The first-order valence-electron chi connectivity index (χ1n) is 7.79. The summed E-state index contributed by atoms with van der Waals surface area (Å²) in [6, 6.07) is 13.0. The number of benzene rings is 2. The first-order chi connectivity index (χ1) is 10.6. The molecule has 1 nitrogen and oxygen atoms in total. The average Bonchev–Trinajstić information content (AvgIpc) is 3.31. The van der Waals surface area contributed by atoms with Gasteiger partial charge in [0.05, 0.1) is 6.61 Å². The Bertz CT molecular complexity index is 575. The zero-order chi connectivity index (χ0) is 16.2. The van der Waals surface area contributed by atoms with Crippen molar-refractivity contribution < 1.29 is 13.5 Å². The van der Waals surface area contributed by atoms with Crippen LogP contribution in [0, 0.1) is 11.6 Å². The molecular formula is C19H22F2O. The lowest BCUT2D eigenvalue weighted by molar-refractivity contribution is 0.271. The molecule has 0 bridgehead atoms. The second kappa shape index (κ2) is 7.01. The average molecular weight is 304 g/mol.